The highest BCUT2D eigenvalue weighted by molar-refractivity contribution is 6.02. The second-order valence-electron chi connectivity index (χ2n) is 13.8. The number of aliphatic hydroxyl groups is 1. The molecule has 0 amide bonds. The maximum Gasteiger partial charge on any atom is 0.310 e. The molecule has 2 saturated carbocycles. The van der Waals surface area contributed by atoms with Gasteiger partial charge in [-0.25, -0.2) is 0 Å². The highest BCUT2D eigenvalue weighted by Crippen LogP contribution is 2.63. The van der Waals surface area contributed by atoms with Gasteiger partial charge in [-0.3, -0.25) is 14.4 Å². The van der Waals surface area contributed by atoms with Crippen LogP contribution in [0.25, 0.3) is 0 Å². The lowest BCUT2D eigenvalue weighted by molar-refractivity contribution is -0.180. The van der Waals surface area contributed by atoms with Crippen molar-refractivity contribution in [2.75, 3.05) is 6.61 Å². The number of carbonyl (C=O) groups is 3. The van der Waals surface area contributed by atoms with Crippen molar-refractivity contribution >= 4 is 17.7 Å². The molecule has 43 heavy (non-hydrogen) atoms. The molecule has 0 aromatic heterocycles. The normalized spacial score (nSPS) is 37.2. The van der Waals surface area contributed by atoms with Crippen LogP contribution in [0.15, 0.2) is 72.3 Å². The van der Waals surface area contributed by atoms with Gasteiger partial charge in [-0.05, 0) is 66.1 Å². The van der Waals surface area contributed by atoms with Crippen molar-refractivity contribution in [1.29, 1.82) is 0 Å². The summed E-state index contributed by atoms with van der Waals surface area (Å²) in [4.78, 5) is 41.1. The zero-order chi connectivity index (χ0) is 30.6. The van der Waals surface area contributed by atoms with Gasteiger partial charge in [0.15, 0.2) is 5.78 Å². The van der Waals surface area contributed by atoms with E-state index < -0.39 is 47.0 Å². The Hall–Kier alpha value is -3.29. The summed E-state index contributed by atoms with van der Waals surface area (Å²) in [5, 5.41) is 12.4. The van der Waals surface area contributed by atoms with Crippen LogP contribution in [0.1, 0.15) is 58.1 Å². The van der Waals surface area contributed by atoms with Crippen molar-refractivity contribution in [2.45, 2.75) is 83.2 Å². The topological polar surface area (TPSA) is 102 Å². The molecular weight excluding hydrogens is 544 g/mol. The minimum absolute atomic E-state index is 0.0246. The minimum atomic E-state index is -1.90. The molecule has 1 heterocycles. The van der Waals surface area contributed by atoms with Crippen LogP contribution in [0.5, 0.6) is 0 Å². The number of Topliss-reactive ketones (excluding diaryl/α,β-unsaturated/α-hetero) is 1. The van der Waals surface area contributed by atoms with Crippen LogP contribution in [0.4, 0.5) is 0 Å². The summed E-state index contributed by atoms with van der Waals surface area (Å²) >= 11 is 0. The Labute approximate surface area is 253 Å². The molecule has 0 bridgehead atoms. The van der Waals surface area contributed by atoms with Crippen molar-refractivity contribution < 1.29 is 33.7 Å². The molecule has 2 aromatic rings. The fourth-order valence-electron chi connectivity index (χ4n) is 7.93. The fraction of sp³-hybridized carbons (Fsp3) is 0.528. The summed E-state index contributed by atoms with van der Waals surface area (Å²) in [6, 6.07) is 18.6. The van der Waals surface area contributed by atoms with Crippen molar-refractivity contribution in [3.8, 4) is 0 Å². The number of fused-ring (bicyclic) bond motifs is 2. The van der Waals surface area contributed by atoms with Gasteiger partial charge in [0.1, 0.15) is 23.4 Å². The smallest absolute Gasteiger partial charge is 0.310 e. The van der Waals surface area contributed by atoms with Crippen LogP contribution in [0.2, 0.25) is 0 Å². The van der Waals surface area contributed by atoms with Crippen LogP contribution < -0.4 is 0 Å². The van der Waals surface area contributed by atoms with E-state index in [-0.39, 0.29) is 36.5 Å². The van der Waals surface area contributed by atoms with Crippen molar-refractivity contribution in [1.82, 2.24) is 0 Å². The highest BCUT2D eigenvalue weighted by Gasteiger charge is 2.69. The van der Waals surface area contributed by atoms with Crippen LogP contribution >= 0.6 is 0 Å². The van der Waals surface area contributed by atoms with Gasteiger partial charge in [-0.1, -0.05) is 87.5 Å². The maximum absolute atomic E-state index is 14.2. The van der Waals surface area contributed by atoms with Gasteiger partial charge < -0.3 is 19.3 Å². The number of ether oxygens (including phenoxy) is 3. The summed E-state index contributed by atoms with van der Waals surface area (Å²) in [6.45, 7) is 8.41. The molecule has 1 saturated heterocycles. The predicted molar refractivity (Wildman–Crippen MR) is 160 cm³/mol. The molecule has 2 aromatic carbocycles. The third kappa shape index (κ3) is 5.58. The highest BCUT2D eigenvalue weighted by atomic mass is 16.6. The molecule has 7 heteroatoms. The van der Waals surface area contributed by atoms with Gasteiger partial charge in [0.2, 0.25) is 0 Å². The van der Waals surface area contributed by atoms with Crippen LogP contribution in [-0.2, 0) is 41.4 Å². The van der Waals surface area contributed by atoms with Crippen LogP contribution in [0, 0.1) is 29.1 Å². The van der Waals surface area contributed by atoms with Crippen molar-refractivity contribution in [3.63, 3.8) is 0 Å². The quantitative estimate of drug-likeness (QED) is 0.374. The fourth-order valence-corrected chi connectivity index (χ4v) is 7.93. The van der Waals surface area contributed by atoms with E-state index in [2.05, 4.69) is 13.8 Å². The zero-order valence-corrected chi connectivity index (χ0v) is 25.5. The number of epoxide rings is 1. The third-order valence-electron chi connectivity index (χ3n) is 10.6. The van der Waals surface area contributed by atoms with E-state index in [1.165, 1.54) is 0 Å². The van der Waals surface area contributed by atoms with Gasteiger partial charge in [0.25, 0.3) is 0 Å². The monoisotopic (exact) mass is 586 g/mol. The second kappa shape index (κ2) is 11.0. The van der Waals surface area contributed by atoms with Gasteiger partial charge in [-0.2, -0.15) is 0 Å². The first-order valence-corrected chi connectivity index (χ1v) is 15.5. The molecule has 228 valence electrons. The lowest BCUT2D eigenvalue weighted by Crippen LogP contribution is -2.56. The number of rotatable bonds is 6. The van der Waals surface area contributed by atoms with Gasteiger partial charge in [0.05, 0.1) is 25.4 Å². The molecule has 3 fully saturated rings. The van der Waals surface area contributed by atoms with Gasteiger partial charge in [-0.15, -0.1) is 0 Å². The van der Waals surface area contributed by atoms with E-state index in [4.69, 9.17) is 14.2 Å². The first-order valence-electron chi connectivity index (χ1n) is 15.5. The Morgan fingerprint density at radius 2 is 1.51 bits per heavy atom. The average Bonchev–Trinajstić information content (AvgIpc) is 3.83. The Balaban J connectivity index is 1.38. The van der Waals surface area contributed by atoms with Crippen molar-refractivity contribution in [3.05, 3.63) is 83.4 Å². The minimum Gasteiger partial charge on any atom is -0.461 e. The standard InChI is InChI=1S/C36H42O7/c1-22-17-27-26(34(27,3)4)15-16-35(21-41-35)33(43-29(38)19-25-13-9-6-10-14-25)30-31(23(2)20-36(30,40)32(22)39)42-28(37)18-24-11-7-5-8-12-24/h5-14,17,23,26-27,30-31,33,40H,15-16,18-21H2,1-4H3/b22-17+/t23-,26-,27+,30+,31-,33+,35-,36+/m0/s1. The molecule has 0 radical (unpaired) electrons. The van der Waals surface area contributed by atoms with E-state index in [0.717, 1.165) is 17.5 Å². The van der Waals surface area contributed by atoms with Gasteiger partial charge >= 0.3 is 11.9 Å². The molecule has 1 N–H and O–H groups in total. The predicted octanol–water partition coefficient (Wildman–Crippen LogP) is 5.03. The van der Waals surface area contributed by atoms with Crippen molar-refractivity contribution in [2.24, 2.45) is 29.1 Å². The molecule has 6 rings (SSSR count). The van der Waals surface area contributed by atoms with E-state index in [9.17, 15) is 19.5 Å². The number of hydrogen-bond donors (Lipinski definition) is 1. The van der Waals surface area contributed by atoms with E-state index in [1.54, 1.807) is 6.92 Å². The summed E-state index contributed by atoms with van der Waals surface area (Å²) < 4.78 is 18.6. The molecule has 1 spiro atoms. The first kappa shape index (κ1) is 29.8. The number of benzene rings is 2. The summed E-state index contributed by atoms with van der Waals surface area (Å²) in [5.74, 6) is -2.10. The number of ketones is 1. The molecular formula is C36H42O7. The number of allylic oxidation sites excluding steroid dienone is 1. The number of carbonyl (C=O) groups excluding carboxylic acids is 3. The summed E-state index contributed by atoms with van der Waals surface area (Å²) in [6.07, 6.45) is 1.84. The Morgan fingerprint density at radius 1 is 0.953 bits per heavy atom. The molecule has 8 atom stereocenters. The maximum atomic E-state index is 14.2. The van der Waals surface area contributed by atoms with Crippen LogP contribution in [-0.4, -0.2) is 52.8 Å². The first-order chi connectivity index (χ1) is 20.4. The number of esters is 2. The zero-order valence-electron chi connectivity index (χ0n) is 25.5. The second-order valence-corrected chi connectivity index (χ2v) is 13.8. The Morgan fingerprint density at radius 3 is 2.07 bits per heavy atom. The molecule has 0 unspecified atom stereocenters. The molecule has 7 nitrogen and oxygen atoms in total. The van der Waals surface area contributed by atoms with E-state index >= 15 is 0 Å². The lowest BCUT2D eigenvalue weighted by Gasteiger charge is -2.39. The largest absolute Gasteiger partial charge is 0.461 e. The molecule has 4 aliphatic rings. The number of hydrogen-bond acceptors (Lipinski definition) is 7. The molecule has 3 aliphatic carbocycles. The molecule has 1 aliphatic heterocycles. The Kier molecular flexibility index (Phi) is 7.62. The van der Waals surface area contributed by atoms with Gasteiger partial charge in [0, 0.05) is 0 Å². The summed E-state index contributed by atoms with van der Waals surface area (Å²) in [7, 11) is 0. The lowest BCUT2D eigenvalue weighted by atomic mass is 9.74. The Bertz CT molecular complexity index is 1410. The van der Waals surface area contributed by atoms with E-state index in [1.807, 2.05) is 73.7 Å². The average molecular weight is 587 g/mol. The van der Waals surface area contributed by atoms with E-state index in [0.29, 0.717) is 24.5 Å². The third-order valence-corrected chi connectivity index (χ3v) is 10.6. The summed E-state index contributed by atoms with van der Waals surface area (Å²) in [5.41, 5.74) is -0.627. The SMILES string of the molecule is C/C1=C\[C@@H]2[C@H](CC[C@]3(CO3)[C@H](OC(=O)Cc3ccccc3)[C@H]3[C@@H](OC(=O)Cc4ccccc4)[C@@H](C)C[C@]3(O)C1=O)C2(C)C. The van der Waals surface area contributed by atoms with Crippen LogP contribution in [0.3, 0.4) is 0 Å².